The van der Waals surface area contributed by atoms with Gasteiger partial charge in [-0.1, -0.05) is 15.9 Å². The normalized spacial score (nSPS) is 10.2. The van der Waals surface area contributed by atoms with E-state index in [0.29, 0.717) is 0 Å². The molecule has 0 atom stereocenters. The summed E-state index contributed by atoms with van der Waals surface area (Å²) in [4.78, 5) is 0. The molecule has 0 unspecified atom stereocenters. The number of aromatic nitrogens is 2. The third-order valence-corrected chi connectivity index (χ3v) is 2.95. The van der Waals surface area contributed by atoms with Crippen LogP contribution in [0.4, 0.5) is 5.82 Å². The lowest BCUT2D eigenvalue weighted by Crippen LogP contribution is -2.01. The molecule has 0 bridgehead atoms. The molecule has 1 aromatic carbocycles. The van der Waals surface area contributed by atoms with Gasteiger partial charge < -0.3 is 10.1 Å². The van der Waals surface area contributed by atoms with Crippen LogP contribution in [0.5, 0.6) is 5.75 Å². The van der Waals surface area contributed by atoms with Gasteiger partial charge in [0.2, 0.25) is 0 Å². The summed E-state index contributed by atoms with van der Waals surface area (Å²) < 4.78 is 6.31. The third-order valence-electron chi connectivity index (χ3n) is 2.46. The molecule has 1 aromatic heterocycles. The number of benzene rings is 1. The van der Waals surface area contributed by atoms with E-state index in [4.69, 9.17) is 4.74 Å². The van der Waals surface area contributed by atoms with Crippen LogP contribution >= 0.6 is 15.9 Å². The molecule has 18 heavy (non-hydrogen) atoms. The number of rotatable bonds is 4. The van der Waals surface area contributed by atoms with Gasteiger partial charge in [0, 0.05) is 16.6 Å². The Labute approximate surface area is 115 Å². The number of anilines is 1. The molecular formula is C13H14BrN3O. The zero-order chi connectivity index (χ0) is 13.0. The average Bonchev–Trinajstić information content (AvgIpc) is 2.40. The number of nitrogens with zero attached hydrogens (tertiary/aromatic N) is 2. The largest absolute Gasteiger partial charge is 0.496 e. The maximum atomic E-state index is 5.33. The Morgan fingerprint density at radius 1 is 1.22 bits per heavy atom. The Morgan fingerprint density at radius 2 is 2.06 bits per heavy atom. The van der Waals surface area contributed by atoms with Crippen molar-refractivity contribution in [2.75, 3.05) is 19.0 Å². The second kappa shape index (κ2) is 5.82. The van der Waals surface area contributed by atoms with Gasteiger partial charge in [-0.2, -0.15) is 0 Å². The van der Waals surface area contributed by atoms with Gasteiger partial charge in [-0.05, 0) is 37.3 Å². The average molecular weight is 308 g/mol. The van der Waals surface area contributed by atoms with Crippen molar-refractivity contribution < 1.29 is 4.74 Å². The summed E-state index contributed by atoms with van der Waals surface area (Å²) in [5.74, 6) is 1.55. The molecule has 1 heterocycles. The number of methoxy groups -OCH3 is 1. The van der Waals surface area contributed by atoms with Crippen molar-refractivity contribution in [1.82, 2.24) is 10.2 Å². The zero-order valence-corrected chi connectivity index (χ0v) is 11.9. The Kier molecular flexibility index (Phi) is 4.15. The quantitative estimate of drug-likeness (QED) is 0.941. The molecule has 94 valence electrons. The summed E-state index contributed by atoms with van der Waals surface area (Å²) in [6.45, 7) is 2.85. The molecule has 0 radical (unpaired) electrons. The fraction of sp³-hybridized carbons (Fsp3) is 0.231. The number of hydrogen-bond donors (Lipinski definition) is 1. The van der Waals surface area contributed by atoms with Crippen LogP contribution in [0.2, 0.25) is 0 Å². The monoisotopic (exact) mass is 307 g/mol. The fourth-order valence-corrected chi connectivity index (χ4v) is 1.99. The molecule has 2 rings (SSSR count). The minimum atomic E-state index is 0.773. The lowest BCUT2D eigenvalue weighted by molar-refractivity contribution is 0.416. The summed E-state index contributed by atoms with van der Waals surface area (Å²) in [6.07, 6.45) is 0. The Morgan fingerprint density at radius 3 is 2.67 bits per heavy atom. The van der Waals surface area contributed by atoms with E-state index in [-0.39, 0.29) is 0 Å². The first kappa shape index (κ1) is 12.8. The first-order valence-electron chi connectivity index (χ1n) is 5.66. The number of hydrogen-bond acceptors (Lipinski definition) is 4. The summed E-state index contributed by atoms with van der Waals surface area (Å²) >= 11 is 3.45. The van der Waals surface area contributed by atoms with Crippen LogP contribution < -0.4 is 10.1 Å². The molecule has 0 aliphatic heterocycles. The SMILES string of the molecule is CCNc1ccc(-c2cc(Br)ccc2OC)nn1. The minimum Gasteiger partial charge on any atom is -0.496 e. The Hall–Kier alpha value is -1.62. The van der Waals surface area contributed by atoms with Gasteiger partial charge in [-0.15, -0.1) is 10.2 Å². The van der Waals surface area contributed by atoms with E-state index >= 15 is 0 Å². The van der Waals surface area contributed by atoms with Crippen molar-refractivity contribution in [3.63, 3.8) is 0 Å². The summed E-state index contributed by atoms with van der Waals surface area (Å²) in [6, 6.07) is 9.64. The van der Waals surface area contributed by atoms with E-state index in [9.17, 15) is 0 Å². The third kappa shape index (κ3) is 2.79. The van der Waals surface area contributed by atoms with Gasteiger partial charge in [0.05, 0.1) is 12.8 Å². The highest BCUT2D eigenvalue weighted by Crippen LogP contribution is 2.31. The van der Waals surface area contributed by atoms with Crippen LogP contribution in [-0.2, 0) is 0 Å². The molecule has 0 aliphatic carbocycles. The van der Waals surface area contributed by atoms with Gasteiger partial charge in [0.25, 0.3) is 0 Å². The topological polar surface area (TPSA) is 47.0 Å². The molecule has 4 nitrogen and oxygen atoms in total. The van der Waals surface area contributed by atoms with E-state index in [0.717, 1.165) is 33.8 Å². The van der Waals surface area contributed by atoms with Crippen molar-refractivity contribution in [2.24, 2.45) is 0 Å². The first-order chi connectivity index (χ1) is 8.74. The van der Waals surface area contributed by atoms with Crippen molar-refractivity contribution in [3.05, 3.63) is 34.8 Å². The van der Waals surface area contributed by atoms with E-state index in [2.05, 4.69) is 31.4 Å². The van der Waals surface area contributed by atoms with Crippen LogP contribution in [0.25, 0.3) is 11.3 Å². The van der Waals surface area contributed by atoms with Crippen molar-refractivity contribution >= 4 is 21.7 Å². The molecular weight excluding hydrogens is 294 g/mol. The smallest absolute Gasteiger partial charge is 0.148 e. The molecule has 0 saturated carbocycles. The molecule has 0 saturated heterocycles. The van der Waals surface area contributed by atoms with Crippen LogP contribution in [0.1, 0.15) is 6.92 Å². The van der Waals surface area contributed by atoms with Gasteiger partial charge in [0.1, 0.15) is 11.6 Å². The molecule has 0 amide bonds. The predicted octanol–water partition coefficient (Wildman–Crippen LogP) is 3.35. The summed E-state index contributed by atoms with van der Waals surface area (Å²) in [5.41, 5.74) is 1.71. The van der Waals surface area contributed by atoms with Crippen LogP contribution in [-0.4, -0.2) is 23.9 Å². The number of halogens is 1. The van der Waals surface area contributed by atoms with Crippen molar-refractivity contribution in [2.45, 2.75) is 6.92 Å². The van der Waals surface area contributed by atoms with Crippen molar-refractivity contribution in [1.29, 1.82) is 0 Å². The standard InChI is InChI=1S/C13H14BrN3O/c1-3-15-13-7-5-11(16-17-13)10-8-9(14)4-6-12(10)18-2/h4-8H,3H2,1-2H3,(H,15,17). The highest BCUT2D eigenvalue weighted by Gasteiger charge is 2.08. The Balaban J connectivity index is 2.38. The zero-order valence-electron chi connectivity index (χ0n) is 10.3. The maximum absolute atomic E-state index is 5.33. The first-order valence-corrected chi connectivity index (χ1v) is 6.45. The van der Waals surface area contributed by atoms with Crippen LogP contribution in [0, 0.1) is 0 Å². The molecule has 0 aliphatic rings. The van der Waals surface area contributed by atoms with Crippen LogP contribution in [0.3, 0.4) is 0 Å². The van der Waals surface area contributed by atoms with Gasteiger partial charge in [-0.25, -0.2) is 0 Å². The number of nitrogens with one attached hydrogen (secondary N) is 1. The van der Waals surface area contributed by atoms with E-state index < -0.39 is 0 Å². The fourth-order valence-electron chi connectivity index (χ4n) is 1.63. The summed E-state index contributed by atoms with van der Waals surface area (Å²) in [5, 5.41) is 11.4. The second-order valence-corrected chi connectivity index (χ2v) is 4.59. The predicted molar refractivity (Wildman–Crippen MR) is 75.9 cm³/mol. The van der Waals surface area contributed by atoms with Gasteiger partial charge in [-0.3, -0.25) is 0 Å². The molecule has 5 heteroatoms. The Bertz CT molecular complexity index is 528. The van der Waals surface area contributed by atoms with Crippen LogP contribution in [0.15, 0.2) is 34.8 Å². The van der Waals surface area contributed by atoms with Crippen molar-refractivity contribution in [3.8, 4) is 17.0 Å². The highest BCUT2D eigenvalue weighted by molar-refractivity contribution is 9.10. The molecule has 1 N–H and O–H groups in total. The molecule has 0 fully saturated rings. The highest BCUT2D eigenvalue weighted by atomic mass is 79.9. The second-order valence-electron chi connectivity index (χ2n) is 3.68. The van der Waals surface area contributed by atoms with E-state index in [1.807, 2.05) is 37.3 Å². The minimum absolute atomic E-state index is 0.773. The molecule has 0 spiro atoms. The van der Waals surface area contributed by atoms with E-state index in [1.54, 1.807) is 7.11 Å². The summed E-state index contributed by atoms with van der Waals surface area (Å²) in [7, 11) is 1.65. The lowest BCUT2D eigenvalue weighted by atomic mass is 10.1. The molecule has 2 aromatic rings. The number of ether oxygens (including phenoxy) is 1. The lowest BCUT2D eigenvalue weighted by Gasteiger charge is -2.08. The van der Waals surface area contributed by atoms with Gasteiger partial charge >= 0.3 is 0 Å². The van der Waals surface area contributed by atoms with E-state index in [1.165, 1.54) is 0 Å². The maximum Gasteiger partial charge on any atom is 0.148 e. The van der Waals surface area contributed by atoms with Gasteiger partial charge in [0.15, 0.2) is 0 Å².